The van der Waals surface area contributed by atoms with E-state index in [1.165, 1.54) is 5.56 Å². The van der Waals surface area contributed by atoms with E-state index in [0.717, 1.165) is 16.9 Å². The van der Waals surface area contributed by atoms with Gasteiger partial charge in [-0.05, 0) is 36.8 Å². The van der Waals surface area contributed by atoms with Gasteiger partial charge in [-0.1, -0.05) is 29.8 Å². The smallest absolute Gasteiger partial charge is 0.247 e. The molecule has 6 heteroatoms. The van der Waals surface area contributed by atoms with Crippen LogP contribution in [0.5, 0.6) is 5.75 Å². The molecule has 0 saturated heterocycles. The van der Waals surface area contributed by atoms with Crippen LogP contribution in [0.1, 0.15) is 17.0 Å². The van der Waals surface area contributed by atoms with E-state index in [1.807, 2.05) is 55.5 Å². The summed E-state index contributed by atoms with van der Waals surface area (Å²) in [5, 5.41) is 11.0. The van der Waals surface area contributed by atoms with Crippen LogP contribution in [0.2, 0.25) is 0 Å². The van der Waals surface area contributed by atoms with Crippen molar-refractivity contribution < 1.29 is 13.9 Å². The van der Waals surface area contributed by atoms with E-state index in [2.05, 4.69) is 15.5 Å². The molecule has 1 amide bonds. The number of aromatic nitrogens is 2. The number of carbonyl (C=O) groups is 1. The lowest BCUT2D eigenvalue weighted by molar-refractivity contribution is -0.120. The Morgan fingerprint density at radius 2 is 1.81 bits per heavy atom. The molecule has 1 N–H and O–H groups in total. The highest BCUT2D eigenvalue weighted by atomic mass is 16.5. The second kappa shape index (κ2) is 8.29. The zero-order valence-electron chi connectivity index (χ0n) is 14.9. The number of hydrogen-bond donors (Lipinski definition) is 1. The molecule has 0 aliphatic rings. The lowest BCUT2D eigenvalue weighted by Gasteiger charge is -2.05. The lowest BCUT2D eigenvalue weighted by atomic mass is 10.1. The minimum Gasteiger partial charge on any atom is -0.497 e. The van der Waals surface area contributed by atoms with Crippen molar-refractivity contribution in [1.82, 2.24) is 15.5 Å². The Hall–Kier alpha value is -3.15. The standard InChI is InChI=1S/C20H21N3O3/c1-14-3-7-16(8-4-14)20-23-22-19(26-20)11-12-21-18(24)13-15-5-9-17(25-2)10-6-15/h3-10H,11-13H2,1-2H3,(H,21,24). The molecule has 2 aromatic carbocycles. The quantitative estimate of drug-likeness (QED) is 0.708. The van der Waals surface area contributed by atoms with Crippen LogP contribution >= 0.6 is 0 Å². The van der Waals surface area contributed by atoms with E-state index >= 15 is 0 Å². The molecule has 0 spiro atoms. The largest absolute Gasteiger partial charge is 0.497 e. The molecule has 6 nitrogen and oxygen atoms in total. The molecule has 0 radical (unpaired) electrons. The Labute approximate surface area is 152 Å². The van der Waals surface area contributed by atoms with Crippen LogP contribution in [0.4, 0.5) is 0 Å². The molecule has 0 aliphatic heterocycles. The minimum absolute atomic E-state index is 0.0477. The molecule has 134 valence electrons. The van der Waals surface area contributed by atoms with Crippen molar-refractivity contribution in [3.8, 4) is 17.2 Å². The fraction of sp³-hybridized carbons (Fsp3) is 0.250. The maximum atomic E-state index is 12.0. The number of ether oxygens (including phenoxy) is 1. The molecule has 1 heterocycles. The number of nitrogens with one attached hydrogen (secondary N) is 1. The SMILES string of the molecule is COc1ccc(CC(=O)NCCc2nnc(-c3ccc(C)cc3)o2)cc1. The van der Waals surface area contributed by atoms with Gasteiger partial charge >= 0.3 is 0 Å². The summed E-state index contributed by atoms with van der Waals surface area (Å²) in [6, 6.07) is 15.3. The average molecular weight is 351 g/mol. The number of carbonyl (C=O) groups excluding carboxylic acids is 1. The Kier molecular flexibility index (Phi) is 5.63. The van der Waals surface area contributed by atoms with Crippen LogP contribution in [-0.4, -0.2) is 29.8 Å². The van der Waals surface area contributed by atoms with E-state index < -0.39 is 0 Å². The van der Waals surface area contributed by atoms with Gasteiger partial charge in [0.1, 0.15) is 5.75 Å². The fourth-order valence-electron chi connectivity index (χ4n) is 2.47. The highest BCUT2D eigenvalue weighted by molar-refractivity contribution is 5.78. The normalized spacial score (nSPS) is 10.5. The summed E-state index contributed by atoms with van der Waals surface area (Å²) in [6.07, 6.45) is 0.815. The van der Waals surface area contributed by atoms with E-state index in [-0.39, 0.29) is 5.91 Å². The number of amides is 1. The van der Waals surface area contributed by atoms with Crippen LogP contribution in [0.15, 0.2) is 52.9 Å². The van der Waals surface area contributed by atoms with Gasteiger partial charge in [-0.3, -0.25) is 4.79 Å². The van der Waals surface area contributed by atoms with E-state index in [9.17, 15) is 4.79 Å². The van der Waals surface area contributed by atoms with Crippen LogP contribution in [0.3, 0.4) is 0 Å². The molecular weight excluding hydrogens is 330 g/mol. The van der Waals surface area contributed by atoms with Gasteiger partial charge in [-0.2, -0.15) is 0 Å². The maximum absolute atomic E-state index is 12.0. The average Bonchev–Trinajstić information content (AvgIpc) is 3.12. The predicted octanol–water partition coefficient (Wildman–Crippen LogP) is 2.96. The van der Waals surface area contributed by atoms with Crippen molar-refractivity contribution in [2.45, 2.75) is 19.8 Å². The molecule has 26 heavy (non-hydrogen) atoms. The van der Waals surface area contributed by atoms with Crippen LogP contribution < -0.4 is 10.1 Å². The summed E-state index contributed by atoms with van der Waals surface area (Å²) < 4.78 is 10.8. The van der Waals surface area contributed by atoms with Gasteiger partial charge < -0.3 is 14.5 Å². The van der Waals surface area contributed by atoms with Crippen LogP contribution in [0, 0.1) is 6.92 Å². The van der Waals surface area contributed by atoms with Crippen LogP contribution in [-0.2, 0) is 17.6 Å². The summed E-state index contributed by atoms with van der Waals surface area (Å²) in [5.41, 5.74) is 2.99. The Morgan fingerprint density at radius 3 is 2.50 bits per heavy atom. The molecular formula is C20H21N3O3. The molecule has 0 aliphatic carbocycles. The van der Waals surface area contributed by atoms with Gasteiger partial charge in [-0.25, -0.2) is 0 Å². The van der Waals surface area contributed by atoms with E-state index in [0.29, 0.717) is 31.2 Å². The molecule has 0 fully saturated rings. The summed E-state index contributed by atoms with van der Waals surface area (Å²) in [7, 11) is 1.61. The first-order valence-corrected chi connectivity index (χ1v) is 8.43. The lowest BCUT2D eigenvalue weighted by Crippen LogP contribution is -2.27. The number of rotatable bonds is 7. The first-order valence-electron chi connectivity index (χ1n) is 8.43. The topological polar surface area (TPSA) is 77.2 Å². The second-order valence-corrected chi connectivity index (χ2v) is 5.99. The Morgan fingerprint density at radius 1 is 1.08 bits per heavy atom. The van der Waals surface area contributed by atoms with Gasteiger partial charge in [0.05, 0.1) is 13.5 Å². The summed E-state index contributed by atoms with van der Waals surface area (Å²) >= 11 is 0. The summed E-state index contributed by atoms with van der Waals surface area (Å²) in [6.45, 7) is 2.47. The molecule has 0 unspecified atom stereocenters. The van der Waals surface area contributed by atoms with Gasteiger partial charge in [0.2, 0.25) is 17.7 Å². The van der Waals surface area contributed by atoms with Gasteiger partial charge in [-0.15, -0.1) is 10.2 Å². The Balaban J connectivity index is 1.47. The minimum atomic E-state index is -0.0477. The van der Waals surface area contributed by atoms with Crippen molar-refractivity contribution in [2.75, 3.05) is 13.7 Å². The zero-order valence-corrected chi connectivity index (χ0v) is 14.9. The van der Waals surface area contributed by atoms with Crippen molar-refractivity contribution in [3.05, 3.63) is 65.5 Å². The number of aryl methyl sites for hydroxylation is 1. The third-order valence-electron chi connectivity index (χ3n) is 3.95. The molecule has 3 rings (SSSR count). The first kappa shape index (κ1) is 17.7. The third kappa shape index (κ3) is 4.69. The monoisotopic (exact) mass is 351 g/mol. The van der Waals surface area contributed by atoms with Crippen LogP contribution in [0.25, 0.3) is 11.5 Å². The third-order valence-corrected chi connectivity index (χ3v) is 3.95. The first-order chi connectivity index (χ1) is 12.6. The molecule has 0 bridgehead atoms. The summed E-state index contributed by atoms with van der Waals surface area (Å²) in [4.78, 5) is 12.0. The molecule has 0 saturated carbocycles. The highest BCUT2D eigenvalue weighted by Crippen LogP contribution is 2.18. The van der Waals surface area contributed by atoms with E-state index in [4.69, 9.17) is 9.15 Å². The zero-order chi connectivity index (χ0) is 18.4. The fourth-order valence-corrected chi connectivity index (χ4v) is 2.47. The molecule has 3 aromatic rings. The predicted molar refractivity (Wildman–Crippen MR) is 97.9 cm³/mol. The van der Waals surface area contributed by atoms with Gasteiger partial charge in [0.25, 0.3) is 0 Å². The highest BCUT2D eigenvalue weighted by Gasteiger charge is 2.09. The number of benzene rings is 2. The van der Waals surface area contributed by atoms with Crippen molar-refractivity contribution in [2.24, 2.45) is 0 Å². The summed E-state index contributed by atoms with van der Waals surface area (Å²) in [5.74, 6) is 1.72. The molecule has 0 atom stereocenters. The van der Waals surface area contributed by atoms with Gasteiger partial charge in [0.15, 0.2) is 0 Å². The van der Waals surface area contributed by atoms with E-state index in [1.54, 1.807) is 7.11 Å². The van der Waals surface area contributed by atoms with Crippen molar-refractivity contribution in [3.63, 3.8) is 0 Å². The number of hydrogen-bond acceptors (Lipinski definition) is 5. The Bertz CT molecular complexity index is 855. The maximum Gasteiger partial charge on any atom is 0.247 e. The number of methoxy groups -OCH3 is 1. The number of nitrogens with zero attached hydrogens (tertiary/aromatic N) is 2. The second-order valence-electron chi connectivity index (χ2n) is 5.99. The molecule has 1 aromatic heterocycles. The van der Waals surface area contributed by atoms with Crippen molar-refractivity contribution in [1.29, 1.82) is 0 Å². The van der Waals surface area contributed by atoms with Gasteiger partial charge in [0, 0.05) is 18.5 Å². The van der Waals surface area contributed by atoms with Crippen molar-refractivity contribution >= 4 is 5.91 Å².